The Labute approximate surface area is 323 Å². The van der Waals surface area contributed by atoms with Crippen molar-refractivity contribution in [2.45, 2.75) is 115 Å². The molecule has 2 heterocycles. The average Bonchev–Trinajstić information content (AvgIpc) is 3.87. The molecule has 2 aliphatic rings. The van der Waals surface area contributed by atoms with Gasteiger partial charge in [0, 0.05) is 26.1 Å². The third-order valence-corrected chi connectivity index (χ3v) is 10.3. The molecule has 0 saturated carbocycles. The Kier molecular flexibility index (Phi) is 17.5. The lowest BCUT2D eigenvalue weighted by Crippen LogP contribution is -2.60. The Bertz CT molecular complexity index is 1510. The molecule has 17 heteroatoms. The normalized spacial score (nSPS) is 19.4. The van der Waals surface area contributed by atoms with Gasteiger partial charge >= 0.3 is 0 Å². The maximum absolute atomic E-state index is 14.0. The molecule has 0 aliphatic carbocycles. The van der Waals surface area contributed by atoms with Gasteiger partial charge in [0.05, 0.1) is 18.6 Å². The highest BCUT2D eigenvalue weighted by atomic mass is 16.2. The van der Waals surface area contributed by atoms with E-state index in [-0.39, 0.29) is 43.2 Å². The zero-order valence-electron chi connectivity index (χ0n) is 32.4. The van der Waals surface area contributed by atoms with Crippen molar-refractivity contribution < 1.29 is 33.6 Å². The molecule has 2 unspecified atom stereocenters. The number of carbonyl (C=O) groups excluding carboxylic acids is 7. The van der Waals surface area contributed by atoms with E-state index in [1.165, 1.54) is 9.80 Å². The second-order valence-corrected chi connectivity index (χ2v) is 14.7. The monoisotopic (exact) mass is 767 g/mol. The number of likely N-dealkylation sites (tertiary alicyclic amines) is 2. The van der Waals surface area contributed by atoms with Crippen LogP contribution >= 0.6 is 0 Å². The third kappa shape index (κ3) is 13.0. The van der Waals surface area contributed by atoms with Crippen LogP contribution in [0.5, 0.6) is 0 Å². The maximum atomic E-state index is 14.0. The van der Waals surface area contributed by atoms with Crippen molar-refractivity contribution in [2.24, 2.45) is 23.3 Å². The first-order chi connectivity index (χ1) is 26.2. The second-order valence-electron chi connectivity index (χ2n) is 14.7. The van der Waals surface area contributed by atoms with E-state index in [4.69, 9.17) is 16.9 Å². The molecule has 303 valence electrons. The van der Waals surface area contributed by atoms with E-state index in [0.717, 1.165) is 5.56 Å². The standard InChI is InChI=1S/C38H59N10O7/c1-5-24(4)32(36(54)45-28(22-49)23(2)3)46-34(52)27(20-25-12-7-6-8-13-25)44-35(53)29-15-10-19-48(29)37(55)30-16-11-18-47(30)31(50)21-43-33(51)26(39)14-9-17-42-38(40)41/h6-8,12-13,23-24,26-30,32H,5,9-11,14-21,39H2,1-4H3,(H,43,51)(H,44,53)(H,45,54)(H,46,52)(H4,40,41,42)/t24?,26?,27-,28+,29-,30-,32-/m0/s1. The molecular formula is C38H59N10O7. The van der Waals surface area contributed by atoms with Crippen molar-refractivity contribution in [1.29, 1.82) is 5.41 Å². The van der Waals surface area contributed by atoms with Crippen LogP contribution in [0.25, 0.3) is 0 Å². The average molecular weight is 768 g/mol. The van der Waals surface area contributed by atoms with Crippen LogP contribution in [0.15, 0.2) is 30.3 Å². The van der Waals surface area contributed by atoms with Gasteiger partial charge < -0.3 is 47.9 Å². The fourth-order valence-electron chi connectivity index (χ4n) is 6.75. The first-order valence-electron chi connectivity index (χ1n) is 19.2. The van der Waals surface area contributed by atoms with Crippen LogP contribution in [0.4, 0.5) is 0 Å². The second kappa shape index (κ2) is 21.7. The van der Waals surface area contributed by atoms with Gasteiger partial charge in [0.2, 0.25) is 41.7 Å². The fourth-order valence-corrected chi connectivity index (χ4v) is 6.75. The molecule has 2 fully saturated rings. The number of hydrogen-bond acceptors (Lipinski definition) is 9. The highest BCUT2D eigenvalue weighted by Gasteiger charge is 2.43. The Morgan fingerprint density at radius 3 is 2.16 bits per heavy atom. The van der Waals surface area contributed by atoms with E-state index >= 15 is 0 Å². The van der Waals surface area contributed by atoms with Gasteiger partial charge in [-0.25, -0.2) is 0 Å². The first-order valence-corrected chi connectivity index (χ1v) is 19.2. The van der Waals surface area contributed by atoms with Crippen molar-refractivity contribution in [3.05, 3.63) is 35.9 Å². The van der Waals surface area contributed by atoms with Gasteiger partial charge in [-0.1, -0.05) is 64.4 Å². The van der Waals surface area contributed by atoms with Gasteiger partial charge in [-0.05, 0) is 55.9 Å². The van der Waals surface area contributed by atoms with Crippen molar-refractivity contribution in [2.75, 3.05) is 26.2 Å². The van der Waals surface area contributed by atoms with Gasteiger partial charge in [-0.15, -0.1) is 0 Å². The summed E-state index contributed by atoms with van der Waals surface area (Å²) in [6.07, 6.45) is 5.15. The number of benzene rings is 1. The van der Waals surface area contributed by atoms with Crippen molar-refractivity contribution in [1.82, 2.24) is 36.4 Å². The first kappa shape index (κ1) is 44.3. The quantitative estimate of drug-likeness (QED) is 0.0465. The minimum absolute atomic E-state index is 0.111. The molecule has 2 aliphatic heterocycles. The van der Waals surface area contributed by atoms with Gasteiger partial charge in [0.15, 0.2) is 5.96 Å². The topological polar surface area (TPSA) is 262 Å². The Morgan fingerprint density at radius 1 is 0.891 bits per heavy atom. The number of rotatable bonds is 20. The summed E-state index contributed by atoms with van der Waals surface area (Å²) in [7, 11) is 0. The van der Waals surface area contributed by atoms with Crippen LogP contribution in [-0.2, 0) is 40.0 Å². The zero-order valence-corrected chi connectivity index (χ0v) is 32.4. The molecule has 1 radical (unpaired) electrons. The summed E-state index contributed by atoms with van der Waals surface area (Å²) in [6, 6.07) is 3.56. The summed E-state index contributed by atoms with van der Waals surface area (Å²) in [6.45, 7) is 7.87. The van der Waals surface area contributed by atoms with E-state index in [1.54, 1.807) is 13.8 Å². The minimum atomic E-state index is -1.10. The Hall–Kier alpha value is -5.06. The van der Waals surface area contributed by atoms with Gasteiger partial charge in [0.1, 0.15) is 24.2 Å². The molecule has 2 saturated heterocycles. The molecule has 0 aromatic heterocycles. The highest BCUT2D eigenvalue weighted by Crippen LogP contribution is 2.25. The summed E-state index contributed by atoms with van der Waals surface area (Å²) in [5, 5.41) is 20.7. The van der Waals surface area contributed by atoms with Crippen LogP contribution in [0, 0.1) is 17.2 Å². The lowest BCUT2D eigenvalue weighted by Gasteiger charge is -2.32. The molecule has 10 N–H and O–H groups in total. The van der Waals surface area contributed by atoms with Gasteiger partial charge in [0.25, 0.3) is 0 Å². The molecule has 1 aromatic carbocycles. The fraction of sp³-hybridized carbons (Fsp3) is 0.632. The third-order valence-electron chi connectivity index (χ3n) is 10.3. The largest absolute Gasteiger partial charge is 0.370 e. The predicted molar refractivity (Wildman–Crippen MR) is 206 cm³/mol. The van der Waals surface area contributed by atoms with Crippen molar-refractivity contribution in [3.8, 4) is 0 Å². The number of amides is 6. The maximum Gasteiger partial charge on any atom is 0.246 e. The molecule has 1 aromatic rings. The highest BCUT2D eigenvalue weighted by molar-refractivity contribution is 5.97. The molecular weight excluding hydrogens is 708 g/mol. The zero-order chi connectivity index (χ0) is 40.7. The van der Waals surface area contributed by atoms with Crippen LogP contribution in [0.1, 0.15) is 78.2 Å². The van der Waals surface area contributed by atoms with Crippen molar-refractivity contribution in [3.63, 3.8) is 0 Å². The number of nitrogens with two attached hydrogens (primary N) is 2. The Morgan fingerprint density at radius 2 is 1.55 bits per heavy atom. The van der Waals surface area contributed by atoms with E-state index in [9.17, 15) is 33.6 Å². The SMILES string of the molecule is CCC(C)[C@H](NC(=O)[C@H](Cc1ccccc1)NC(=O)[C@@H]1CCCN1C(=O)[C@@H]1CCCN1C(=O)CNC(=O)C(N)CCCNC(=N)N)C(=O)N[C@H]([C]=O)C(C)C. The van der Waals surface area contributed by atoms with E-state index < -0.39 is 65.8 Å². The number of guanidine groups is 1. The van der Waals surface area contributed by atoms with E-state index in [0.29, 0.717) is 58.0 Å². The van der Waals surface area contributed by atoms with Crippen LogP contribution in [0.3, 0.4) is 0 Å². The van der Waals surface area contributed by atoms with Crippen LogP contribution in [0.2, 0.25) is 0 Å². The number of carbonyl (C=O) groups is 6. The summed E-state index contributed by atoms with van der Waals surface area (Å²) < 4.78 is 0. The van der Waals surface area contributed by atoms with Gasteiger partial charge in [-0.3, -0.25) is 39.0 Å². The lowest BCUT2D eigenvalue weighted by atomic mass is 9.96. The number of hydrogen-bond donors (Lipinski definition) is 8. The minimum Gasteiger partial charge on any atom is -0.370 e. The van der Waals surface area contributed by atoms with Crippen LogP contribution < -0.4 is 38.1 Å². The molecule has 7 atom stereocenters. The lowest BCUT2D eigenvalue weighted by molar-refractivity contribution is -0.147. The molecule has 0 bridgehead atoms. The molecule has 17 nitrogen and oxygen atoms in total. The molecule has 55 heavy (non-hydrogen) atoms. The molecule has 0 spiro atoms. The summed E-state index contributed by atoms with van der Waals surface area (Å²) >= 11 is 0. The van der Waals surface area contributed by atoms with Crippen molar-refractivity contribution >= 4 is 47.7 Å². The van der Waals surface area contributed by atoms with Gasteiger partial charge in [-0.2, -0.15) is 0 Å². The molecule has 3 rings (SSSR count). The van der Waals surface area contributed by atoms with E-state index in [2.05, 4.69) is 26.6 Å². The summed E-state index contributed by atoms with van der Waals surface area (Å²) in [5.74, 6) is -3.69. The predicted octanol–water partition coefficient (Wildman–Crippen LogP) is -0.816. The summed E-state index contributed by atoms with van der Waals surface area (Å²) in [5.41, 5.74) is 12.0. The molecule has 6 amide bonds. The Balaban J connectivity index is 1.70. The smallest absolute Gasteiger partial charge is 0.246 e. The number of nitrogens with zero attached hydrogens (tertiary/aromatic N) is 2. The summed E-state index contributed by atoms with van der Waals surface area (Å²) in [4.78, 5) is 95.4. The van der Waals surface area contributed by atoms with Crippen LogP contribution in [-0.4, -0.2) is 120 Å². The van der Waals surface area contributed by atoms with E-state index in [1.807, 2.05) is 50.5 Å². The number of nitrogens with one attached hydrogen (secondary N) is 6.